The van der Waals surface area contributed by atoms with E-state index in [1.54, 1.807) is 24.4 Å². The molecular formula is C18H16N6. The van der Waals surface area contributed by atoms with E-state index in [1.807, 2.05) is 18.2 Å². The first-order chi connectivity index (χ1) is 11.8. The molecule has 2 aromatic carbocycles. The standard InChI is InChI=1S/C18H16N6/c1-2-13-7-9-15(10-8-13)21-17-12-20-24-18(23-17)22-16-6-4-3-5-14(16)11-19/h3-10,12H,2H2,1H3,(H2,21,22,23,24). The highest BCUT2D eigenvalue weighted by molar-refractivity contribution is 5.64. The third-order valence-electron chi connectivity index (χ3n) is 3.49. The van der Waals surface area contributed by atoms with Gasteiger partial charge in [0.1, 0.15) is 6.07 Å². The van der Waals surface area contributed by atoms with Gasteiger partial charge in [-0.2, -0.15) is 15.3 Å². The number of anilines is 4. The second-order valence-electron chi connectivity index (χ2n) is 5.12. The number of hydrogen-bond donors (Lipinski definition) is 2. The first kappa shape index (κ1) is 15.4. The number of aryl methyl sites for hydroxylation is 1. The summed E-state index contributed by atoms with van der Waals surface area (Å²) < 4.78 is 0. The summed E-state index contributed by atoms with van der Waals surface area (Å²) in [5.74, 6) is 0.902. The van der Waals surface area contributed by atoms with Crippen LogP contribution in [-0.2, 0) is 6.42 Å². The van der Waals surface area contributed by atoms with Gasteiger partial charge in [-0.15, -0.1) is 5.10 Å². The third-order valence-corrected chi connectivity index (χ3v) is 3.49. The molecule has 0 aliphatic rings. The van der Waals surface area contributed by atoms with Gasteiger partial charge >= 0.3 is 0 Å². The van der Waals surface area contributed by atoms with Crippen molar-refractivity contribution in [1.29, 1.82) is 5.26 Å². The molecule has 0 bridgehead atoms. The second-order valence-corrected chi connectivity index (χ2v) is 5.12. The monoisotopic (exact) mass is 316 g/mol. The summed E-state index contributed by atoms with van der Waals surface area (Å²) >= 11 is 0. The first-order valence-corrected chi connectivity index (χ1v) is 7.60. The number of nitrogens with zero attached hydrogens (tertiary/aromatic N) is 4. The van der Waals surface area contributed by atoms with E-state index in [4.69, 9.17) is 5.26 Å². The molecule has 24 heavy (non-hydrogen) atoms. The maximum absolute atomic E-state index is 9.13. The van der Waals surface area contributed by atoms with Crippen LogP contribution in [0.4, 0.5) is 23.1 Å². The molecule has 3 aromatic rings. The fourth-order valence-corrected chi connectivity index (χ4v) is 2.20. The average Bonchev–Trinajstić information content (AvgIpc) is 2.63. The Morgan fingerprint density at radius 1 is 1.04 bits per heavy atom. The van der Waals surface area contributed by atoms with Crippen LogP contribution in [0.2, 0.25) is 0 Å². The fraction of sp³-hybridized carbons (Fsp3) is 0.111. The zero-order valence-electron chi connectivity index (χ0n) is 13.2. The molecule has 3 rings (SSSR count). The predicted octanol–water partition coefficient (Wildman–Crippen LogP) is 3.79. The maximum Gasteiger partial charge on any atom is 0.249 e. The highest BCUT2D eigenvalue weighted by atomic mass is 15.3. The summed E-state index contributed by atoms with van der Waals surface area (Å²) in [6.45, 7) is 2.12. The van der Waals surface area contributed by atoms with Crippen LogP contribution in [0.5, 0.6) is 0 Å². The van der Waals surface area contributed by atoms with Crippen LogP contribution in [0.15, 0.2) is 54.7 Å². The largest absolute Gasteiger partial charge is 0.339 e. The van der Waals surface area contributed by atoms with Crippen molar-refractivity contribution in [3.8, 4) is 6.07 Å². The van der Waals surface area contributed by atoms with Crippen LogP contribution in [-0.4, -0.2) is 15.2 Å². The summed E-state index contributed by atoms with van der Waals surface area (Å²) in [6.07, 6.45) is 2.55. The topological polar surface area (TPSA) is 86.5 Å². The lowest BCUT2D eigenvalue weighted by Gasteiger charge is -2.09. The van der Waals surface area contributed by atoms with Crippen LogP contribution in [0, 0.1) is 11.3 Å². The molecule has 6 nitrogen and oxygen atoms in total. The number of aromatic nitrogens is 3. The van der Waals surface area contributed by atoms with Gasteiger partial charge in [0.15, 0.2) is 5.82 Å². The Balaban J connectivity index is 1.77. The zero-order valence-corrected chi connectivity index (χ0v) is 13.2. The van der Waals surface area contributed by atoms with Crippen molar-refractivity contribution in [2.45, 2.75) is 13.3 Å². The van der Waals surface area contributed by atoms with Gasteiger partial charge in [-0.05, 0) is 36.2 Å². The Morgan fingerprint density at radius 2 is 1.83 bits per heavy atom. The highest BCUT2D eigenvalue weighted by Gasteiger charge is 2.05. The minimum absolute atomic E-state index is 0.327. The molecule has 0 atom stereocenters. The minimum Gasteiger partial charge on any atom is -0.339 e. The van der Waals surface area contributed by atoms with Crippen LogP contribution < -0.4 is 10.6 Å². The summed E-state index contributed by atoms with van der Waals surface area (Å²) in [6, 6.07) is 17.4. The van der Waals surface area contributed by atoms with Crippen molar-refractivity contribution in [1.82, 2.24) is 15.2 Å². The van der Waals surface area contributed by atoms with Gasteiger partial charge in [0.05, 0.1) is 17.4 Å². The first-order valence-electron chi connectivity index (χ1n) is 7.60. The third kappa shape index (κ3) is 3.65. The van der Waals surface area contributed by atoms with E-state index < -0.39 is 0 Å². The van der Waals surface area contributed by atoms with Crippen molar-refractivity contribution < 1.29 is 0 Å². The Hall–Kier alpha value is -3.46. The zero-order chi connectivity index (χ0) is 16.8. The van der Waals surface area contributed by atoms with E-state index in [0.717, 1.165) is 12.1 Å². The summed E-state index contributed by atoms with van der Waals surface area (Å²) in [4.78, 5) is 4.38. The highest BCUT2D eigenvalue weighted by Crippen LogP contribution is 2.19. The molecule has 0 amide bonds. The molecule has 118 valence electrons. The molecule has 0 aliphatic carbocycles. The van der Waals surface area contributed by atoms with Gasteiger partial charge in [-0.25, -0.2) is 0 Å². The normalized spacial score (nSPS) is 10.0. The molecule has 0 unspecified atom stereocenters. The van der Waals surface area contributed by atoms with Gasteiger partial charge < -0.3 is 10.6 Å². The molecule has 0 saturated carbocycles. The lowest BCUT2D eigenvalue weighted by atomic mass is 10.1. The molecule has 1 heterocycles. The quantitative estimate of drug-likeness (QED) is 0.744. The van der Waals surface area contributed by atoms with E-state index >= 15 is 0 Å². The molecule has 6 heteroatoms. The van der Waals surface area contributed by atoms with Crippen molar-refractivity contribution >= 4 is 23.1 Å². The summed E-state index contributed by atoms with van der Waals surface area (Å²) in [5, 5.41) is 23.2. The van der Waals surface area contributed by atoms with E-state index in [1.165, 1.54) is 5.56 Å². The fourth-order valence-electron chi connectivity index (χ4n) is 2.20. The van der Waals surface area contributed by atoms with Gasteiger partial charge in [0.2, 0.25) is 5.95 Å². The van der Waals surface area contributed by atoms with Crippen molar-refractivity contribution in [2.24, 2.45) is 0 Å². The average molecular weight is 316 g/mol. The minimum atomic E-state index is 0.327. The molecule has 1 aromatic heterocycles. The molecule has 0 saturated heterocycles. The van der Waals surface area contributed by atoms with Crippen LogP contribution >= 0.6 is 0 Å². The molecular weight excluding hydrogens is 300 g/mol. The number of nitriles is 1. The van der Waals surface area contributed by atoms with Crippen LogP contribution in [0.25, 0.3) is 0 Å². The second kappa shape index (κ2) is 7.20. The number of rotatable bonds is 5. The van der Waals surface area contributed by atoms with Crippen molar-refractivity contribution in [3.05, 3.63) is 65.9 Å². The SMILES string of the molecule is CCc1ccc(Nc2cnnc(Nc3ccccc3C#N)n2)cc1. The number of para-hydroxylation sites is 1. The van der Waals surface area contributed by atoms with E-state index in [0.29, 0.717) is 23.0 Å². The summed E-state index contributed by atoms with van der Waals surface area (Å²) in [7, 11) is 0. The Morgan fingerprint density at radius 3 is 2.58 bits per heavy atom. The molecule has 0 radical (unpaired) electrons. The van der Waals surface area contributed by atoms with E-state index in [-0.39, 0.29) is 0 Å². The van der Waals surface area contributed by atoms with E-state index in [2.05, 4.69) is 50.9 Å². The molecule has 2 N–H and O–H groups in total. The van der Waals surface area contributed by atoms with Gasteiger partial charge in [-0.1, -0.05) is 31.2 Å². The predicted molar refractivity (Wildman–Crippen MR) is 93.4 cm³/mol. The van der Waals surface area contributed by atoms with Gasteiger partial charge in [0.25, 0.3) is 0 Å². The molecule has 0 fully saturated rings. The number of benzene rings is 2. The number of hydrogen-bond acceptors (Lipinski definition) is 6. The summed E-state index contributed by atoms with van der Waals surface area (Å²) in [5.41, 5.74) is 3.37. The molecule has 0 aliphatic heterocycles. The Kier molecular flexibility index (Phi) is 4.63. The van der Waals surface area contributed by atoms with Gasteiger partial charge in [0, 0.05) is 5.69 Å². The lowest BCUT2D eigenvalue weighted by Crippen LogP contribution is -2.03. The van der Waals surface area contributed by atoms with Crippen LogP contribution in [0.1, 0.15) is 18.1 Å². The number of nitrogens with one attached hydrogen (secondary N) is 2. The Bertz CT molecular complexity index is 867. The molecule has 0 spiro atoms. The van der Waals surface area contributed by atoms with Crippen molar-refractivity contribution in [2.75, 3.05) is 10.6 Å². The Labute approximate surface area is 140 Å². The smallest absolute Gasteiger partial charge is 0.249 e. The van der Waals surface area contributed by atoms with Gasteiger partial charge in [-0.3, -0.25) is 0 Å². The maximum atomic E-state index is 9.13. The van der Waals surface area contributed by atoms with E-state index in [9.17, 15) is 0 Å². The lowest BCUT2D eigenvalue weighted by molar-refractivity contribution is 0.982. The van der Waals surface area contributed by atoms with Crippen molar-refractivity contribution in [3.63, 3.8) is 0 Å². The van der Waals surface area contributed by atoms with Crippen LogP contribution in [0.3, 0.4) is 0 Å².